The highest BCUT2D eigenvalue weighted by Crippen LogP contribution is 2.49. The Hall–Kier alpha value is -5.50. The molecule has 2 aliphatic heterocycles. The standard InChI is InChI=1S/C32H24N4O4/c1-21-17-19-22(20-18-21)27(37)26-28(38)29(39)35(24-13-7-3-8-14-24)32(26)30(40)34(23-11-5-2-6-12-23)31(33)36(32)25-15-9-4-10-16-25/h2-20,33,37H,1H3/b27-26-,33-31?. The molecule has 1 atom stereocenters. The predicted molar refractivity (Wildman–Crippen MR) is 153 cm³/mol. The van der Waals surface area contributed by atoms with Crippen molar-refractivity contribution in [2.45, 2.75) is 12.6 Å². The number of anilines is 3. The van der Waals surface area contributed by atoms with E-state index in [1.165, 1.54) is 4.90 Å². The minimum Gasteiger partial charge on any atom is -0.507 e. The Labute approximate surface area is 230 Å². The molecule has 2 saturated heterocycles. The first-order chi connectivity index (χ1) is 19.4. The lowest BCUT2D eigenvalue weighted by Gasteiger charge is -2.39. The second kappa shape index (κ2) is 9.36. The largest absolute Gasteiger partial charge is 0.507 e. The number of para-hydroxylation sites is 3. The number of nitrogens with one attached hydrogen (secondary N) is 1. The molecule has 2 fully saturated rings. The van der Waals surface area contributed by atoms with Gasteiger partial charge >= 0.3 is 5.91 Å². The smallest absolute Gasteiger partial charge is 0.301 e. The number of hydrogen-bond donors (Lipinski definition) is 2. The predicted octanol–water partition coefficient (Wildman–Crippen LogP) is 5.06. The van der Waals surface area contributed by atoms with Gasteiger partial charge in [0.1, 0.15) is 11.3 Å². The Kier molecular flexibility index (Phi) is 5.80. The first-order valence-corrected chi connectivity index (χ1v) is 12.7. The molecule has 4 aromatic rings. The van der Waals surface area contributed by atoms with Gasteiger partial charge in [0.05, 0.1) is 5.69 Å². The molecule has 8 nitrogen and oxygen atoms in total. The minimum atomic E-state index is -2.22. The monoisotopic (exact) mass is 528 g/mol. The molecular weight excluding hydrogens is 504 g/mol. The molecule has 4 aromatic carbocycles. The molecule has 0 aliphatic carbocycles. The molecule has 1 unspecified atom stereocenters. The molecule has 1 spiro atoms. The van der Waals surface area contributed by atoms with Gasteiger partial charge in [0.15, 0.2) is 0 Å². The molecule has 2 N–H and O–H groups in total. The Morgan fingerprint density at radius 3 is 1.68 bits per heavy atom. The number of hydrogen-bond acceptors (Lipinski definition) is 5. The molecule has 0 bridgehead atoms. The number of rotatable bonds is 4. The summed E-state index contributed by atoms with van der Waals surface area (Å²) in [6.07, 6.45) is 0. The summed E-state index contributed by atoms with van der Waals surface area (Å²) in [6, 6.07) is 32.4. The third kappa shape index (κ3) is 3.46. The second-order valence-electron chi connectivity index (χ2n) is 9.54. The van der Waals surface area contributed by atoms with E-state index in [1.54, 1.807) is 115 Å². The van der Waals surface area contributed by atoms with Crippen LogP contribution >= 0.6 is 0 Å². The number of aryl methyl sites for hydroxylation is 1. The van der Waals surface area contributed by atoms with Crippen LogP contribution in [0.1, 0.15) is 11.1 Å². The number of ketones is 1. The van der Waals surface area contributed by atoms with E-state index in [-0.39, 0.29) is 17.2 Å². The van der Waals surface area contributed by atoms with Crippen molar-refractivity contribution in [1.29, 1.82) is 5.41 Å². The van der Waals surface area contributed by atoms with Crippen molar-refractivity contribution >= 4 is 46.4 Å². The molecule has 196 valence electrons. The van der Waals surface area contributed by atoms with Crippen molar-refractivity contribution in [3.8, 4) is 0 Å². The van der Waals surface area contributed by atoms with E-state index in [2.05, 4.69) is 0 Å². The normalized spacial score (nSPS) is 20.2. The number of amides is 2. The lowest BCUT2D eigenvalue weighted by Crippen LogP contribution is -2.61. The van der Waals surface area contributed by atoms with Crippen molar-refractivity contribution in [3.05, 3.63) is 132 Å². The summed E-state index contributed by atoms with van der Waals surface area (Å²) < 4.78 is 0. The average molecular weight is 529 g/mol. The van der Waals surface area contributed by atoms with Crippen LogP contribution in [0.3, 0.4) is 0 Å². The van der Waals surface area contributed by atoms with Crippen LogP contribution in [-0.2, 0) is 14.4 Å². The summed E-state index contributed by atoms with van der Waals surface area (Å²) >= 11 is 0. The summed E-state index contributed by atoms with van der Waals surface area (Å²) in [5.41, 5.74) is -0.413. The summed E-state index contributed by atoms with van der Waals surface area (Å²) in [5.74, 6) is -3.55. The van der Waals surface area contributed by atoms with E-state index in [0.717, 1.165) is 15.4 Å². The highest BCUT2D eigenvalue weighted by atomic mass is 16.3. The highest BCUT2D eigenvalue weighted by Gasteiger charge is 2.71. The first kappa shape index (κ1) is 24.8. The summed E-state index contributed by atoms with van der Waals surface area (Å²) in [6.45, 7) is 1.88. The highest BCUT2D eigenvalue weighted by molar-refractivity contribution is 6.57. The van der Waals surface area contributed by atoms with Gasteiger partial charge in [-0.2, -0.15) is 0 Å². The maximum Gasteiger partial charge on any atom is 0.301 e. The quantitative estimate of drug-likeness (QED) is 0.219. The Balaban J connectivity index is 1.74. The molecule has 8 heteroatoms. The van der Waals surface area contributed by atoms with Gasteiger partial charge in [-0.3, -0.25) is 29.6 Å². The molecule has 2 heterocycles. The van der Waals surface area contributed by atoms with Crippen molar-refractivity contribution in [2.75, 3.05) is 14.7 Å². The number of Topliss-reactive ketones (excluding diaryl/α,β-unsaturated/α-hetero) is 1. The number of carbonyl (C=O) groups is 3. The van der Waals surface area contributed by atoms with Gasteiger partial charge in [-0.15, -0.1) is 0 Å². The Morgan fingerprint density at radius 1 is 0.675 bits per heavy atom. The fourth-order valence-corrected chi connectivity index (χ4v) is 5.35. The maximum atomic E-state index is 14.9. The summed E-state index contributed by atoms with van der Waals surface area (Å²) in [5, 5.41) is 21.0. The van der Waals surface area contributed by atoms with Crippen LogP contribution < -0.4 is 14.7 Å². The molecule has 0 saturated carbocycles. The average Bonchev–Trinajstić information content (AvgIpc) is 3.35. The Morgan fingerprint density at radius 2 is 1.15 bits per heavy atom. The molecule has 2 amide bonds. The number of aliphatic hydroxyl groups is 1. The van der Waals surface area contributed by atoms with Crippen LogP contribution in [0.5, 0.6) is 0 Å². The second-order valence-corrected chi connectivity index (χ2v) is 9.54. The van der Waals surface area contributed by atoms with Crippen LogP contribution in [0.4, 0.5) is 17.1 Å². The number of carbonyl (C=O) groups excluding carboxylic acids is 3. The number of guanidine groups is 1. The zero-order chi connectivity index (χ0) is 28.0. The lowest BCUT2D eigenvalue weighted by atomic mass is 9.92. The van der Waals surface area contributed by atoms with E-state index in [0.29, 0.717) is 11.4 Å². The van der Waals surface area contributed by atoms with Crippen molar-refractivity contribution in [2.24, 2.45) is 0 Å². The van der Waals surface area contributed by atoms with Crippen LogP contribution in [0.15, 0.2) is 121 Å². The number of nitrogens with zero attached hydrogens (tertiary/aromatic N) is 3. The topological polar surface area (TPSA) is 105 Å². The van der Waals surface area contributed by atoms with Crippen molar-refractivity contribution in [3.63, 3.8) is 0 Å². The van der Waals surface area contributed by atoms with Crippen molar-refractivity contribution in [1.82, 2.24) is 0 Å². The fourth-order valence-electron chi connectivity index (χ4n) is 5.35. The van der Waals surface area contributed by atoms with Gasteiger partial charge in [-0.25, -0.2) is 4.90 Å². The van der Waals surface area contributed by atoms with E-state index in [4.69, 9.17) is 0 Å². The van der Waals surface area contributed by atoms with Gasteiger partial charge in [0.2, 0.25) is 11.6 Å². The lowest BCUT2D eigenvalue weighted by molar-refractivity contribution is -0.132. The SMILES string of the molecule is Cc1ccc(/C(O)=C2\C(=O)C(=O)N(c3ccccc3)C23C(=O)N(c2ccccc2)C(=N)N3c2ccccc2)cc1. The summed E-state index contributed by atoms with van der Waals surface area (Å²) in [4.78, 5) is 46.3. The third-order valence-electron chi connectivity index (χ3n) is 7.15. The zero-order valence-corrected chi connectivity index (χ0v) is 21.5. The van der Waals surface area contributed by atoms with Crippen molar-refractivity contribution < 1.29 is 19.5 Å². The van der Waals surface area contributed by atoms with Gasteiger partial charge in [-0.05, 0) is 43.3 Å². The van der Waals surface area contributed by atoms with Gasteiger partial charge < -0.3 is 5.11 Å². The Bertz CT molecular complexity index is 1690. The molecule has 2 aliphatic rings. The third-order valence-corrected chi connectivity index (χ3v) is 7.15. The van der Waals surface area contributed by atoms with Crippen LogP contribution in [-0.4, -0.2) is 34.3 Å². The van der Waals surface area contributed by atoms with Gasteiger partial charge in [0.25, 0.3) is 11.7 Å². The summed E-state index contributed by atoms with van der Waals surface area (Å²) in [7, 11) is 0. The van der Waals surface area contributed by atoms with Gasteiger partial charge in [-0.1, -0.05) is 84.4 Å². The molecular formula is C32H24N4O4. The van der Waals surface area contributed by atoms with Crippen LogP contribution in [0.25, 0.3) is 5.76 Å². The minimum absolute atomic E-state index is 0.265. The molecule has 0 aromatic heterocycles. The molecule has 6 rings (SSSR count). The van der Waals surface area contributed by atoms with E-state index in [1.807, 2.05) is 6.92 Å². The molecule has 0 radical (unpaired) electrons. The van der Waals surface area contributed by atoms with Crippen LogP contribution in [0.2, 0.25) is 0 Å². The number of benzene rings is 4. The van der Waals surface area contributed by atoms with Crippen LogP contribution in [0, 0.1) is 12.3 Å². The zero-order valence-electron chi connectivity index (χ0n) is 21.5. The maximum absolute atomic E-state index is 14.9. The van der Waals surface area contributed by atoms with E-state index < -0.39 is 34.6 Å². The van der Waals surface area contributed by atoms with E-state index in [9.17, 15) is 24.9 Å². The molecule has 40 heavy (non-hydrogen) atoms. The van der Waals surface area contributed by atoms with E-state index >= 15 is 0 Å². The fraction of sp³-hybridized carbons (Fsp3) is 0.0625. The number of aliphatic hydroxyl groups excluding tert-OH is 1. The van der Waals surface area contributed by atoms with Gasteiger partial charge in [0, 0.05) is 16.9 Å². The first-order valence-electron chi connectivity index (χ1n) is 12.7.